The Bertz CT molecular complexity index is 758. The van der Waals surface area contributed by atoms with Crippen LogP contribution in [-0.2, 0) is 0 Å². The number of benzene rings is 2. The van der Waals surface area contributed by atoms with Gasteiger partial charge in [-0.2, -0.15) is 5.26 Å². The number of hydrogen-bond acceptors (Lipinski definition) is 3. The van der Waals surface area contributed by atoms with Crippen molar-refractivity contribution in [3.05, 3.63) is 64.2 Å². The van der Waals surface area contributed by atoms with Crippen LogP contribution < -0.4 is 4.90 Å². The number of hydrogen-bond donors (Lipinski definition) is 0. The summed E-state index contributed by atoms with van der Waals surface area (Å²) in [5.74, 6) is -0.766. The molecule has 0 aliphatic carbocycles. The topological polar surface area (TPSA) is 61.2 Å². The molecular weight excluding hydrogens is 276 g/mol. The molecule has 2 aromatic carbocycles. The van der Waals surface area contributed by atoms with Crippen LogP contribution in [0.25, 0.3) is 0 Å². The van der Waals surface area contributed by atoms with Crippen molar-refractivity contribution >= 4 is 29.1 Å². The number of nitrogens with zero attached hydrogens (tertiary/aromatic N) is 2. The van der Waals surface area contributed by atoms with Crippen molar-refractivity contribution in [2.75, 3.05) is 4.90 Å². The van der Waals surface area contributed by atoms with Gasteiger partial charge >= 0.3 is 0 Å². The lowest BCUT2D eigenvalue weighted by Gasteiger charge is -2.14. The Morgan fingerprint density at radius 1 is 1.00 bits per heavy atom. The maximum Gasteiger partial charge on any atom is 0.266 e. The molecule has 0 spiro atoms. The molecule has 3 rings (SSSR count). The van der Waals surface area contributed by atoms with E-state index in [2.05, 4.69) is 0 Å². The standard InChI is InChI=1S/C15H7ClN2O2/c16-13-7-10(6-5-9(13)8-17)18-14(19)11-3-1-2-4-12(11)15(18)20/h1-7H. The molecule has 5 heteroatoms. The highest BCUT2D eigenvalue weighted by molar-refractivity contribution is 6.35. The molecule has 0 saturated heterocycles. The van der Waals surface area contributed by atoms with Gasteiger partial charge in [0.2, 0.25) is 0 Å². The SMILES string of the molecule is N#Cc1ccc(N2C(=O)c3ccccc3C2=O)cc1Cl. The van der Waals surface area contributed by atoms with E-state index >= 15 is 0 Å². The van der Waals surface area contributed by atoms with Gasteiger partial charge in [0.1, 0.15) is 6.07 Å². The minimum atomic E-state index is -0.383. The molecule has 4 nitrogen and oxygen atoms in total. The van der Waals surface area contributed by atoms with Crippen LogP contribution in [0, 0.1) is 11.3 Å². The lowest BCUT2D eigenvalue weighted by atomic mass is 10.1. The second kappa shape index (κ2) is 4.48. The summed E-state index contributed by atoms with van der Waals surface area (Å²) in [6.45, 7) is 0. The number of carbonyl (C=O) groups is 2. The van der Waals surface area contributed by atoms with Crippen LogP contribution in [0.4, 0.5) is 5.69 Å². The number of amides is 2. The van der Waals surface area contributed by atoms with E-state index in [9.17, 15) is 9.59 Å². The first kappa shape index (κ1) is 12.4. The van der Waals surface area contributed by atoms with E-state index in [-0.39, 0.29) is 16.8 Å². The molecule has 1 heterocycles. The molecular formula is C15H7ClN2O2. The third-order valence-electron chi connectivity index (χ3n) is 3.13. The van der Waals surface area contributed by atoms with Gasteiger partial charge in [-0.25, -0.2) is 4.90 Å². The van der Waals surface area contributed by atoms with Crippen molar-refractivity contribution in [2.45, 2.75) is 0 Å². The molecule has 0 aromatic heterocycles. The van der Waals surface area contributed by atoms with E-state index in [0.29, 0.717) is 22.4 Å². The smallest absolute Gasteiger partial charge is 0.266 e. The summed E-state index contributed by atoms with van der Waals surface area (Å²) >= 11 is 5.94. The first-order chi connectivity index (χ1) is 9.63. The van der Waals surface area contributed by atoms with Gasteiger partial charge in [-0.1, -0.05) is 23.7 Å². The number of carbonyl (C=O) groups excluding carboxylic acids is 2. The van der Waals surface area contributed by atoms with Crippen molar-refractivity contribution in [3.8, 4) is 6.07 Å². The van der Waals surface area contributed by atoms with Crippen LogP contribution in [0.1, 0.15) is 26.3 Å². The van der Waals surface area contributed by atoms with Gasteiger partial charge < -0.3 is 0 Å². The summed E-state index contributed by atoms with van der Waals surface area (Å²) in [5, 5.41) is 9.05. The summed E-state index contributed by atoms with van der Waals surface area (Å²) < 4.78 is 0. The molecule has 20 heavy (non-hydrogen) atoms. The zero-order chi connectivity index (χ0) is 14.3. The van der Waals surface area contributed by atoms with E-state index in [4.69, 9.17) is 16.9 Å². The Morgan fingerprint density at radius 3 is 2.10 bits per heavy atom. The summed E-state index contributed by atoms with van der Waals surface area (Å²) in [7, 11) is 0. The third-order valence-corrected chi connectivity index (χ3v) is 3.44. The van der Waals surface area contributed by atoms with E-state index in [1.54, 1.807) is 24.3 Å². The van der Waals surface area contributed by atoms with Crippen molar-refractivity contribution in [1.29, 1.82) is 5.26 Å². The maximum atomic E-state index is 12.3. The van der Waals surface area contributed by atoms with Gasteiger partial charge in [-0.15, -0.1) is 0 Å². The lowest BCUT2D eigenvalue weighted by Crippen LogP contribution is -2.29. The van der Waals surface area contributed by atoms with Gasteiger partial charge in [0.05, 0.1) is 27.4 Å². The molecule has 1 aliphatic rings. The highest BCUT2D eigenvalue weighted by atomic mass is 35.5. The predicted octanol–water partition coefficient (Wildman–Crippen LogP) is 3.01. The summed E-state index contributed by atoms with van der Waals surface area (Å²) in [6.07, 6.45) is 0. The number of rotatable bonds is 1. The summed E-state index contributed by atoms with van der Waals surface area (Å²) in [4.78, 5) is 25.6. The monoisotopic (exact) mass is 282 g/mol. The van der Waals surface area contributed by atoms with E-state index in [0.717, 1.165) is 4.90 Å². The Balaban J connectivity index is 2.10. The fourth-order valence-electron chi connectivity index (χ4n) is 2.16. The third kappa shape index (κ3) is 1.68. The van der Waals surface area contributed by atoms with Crippen LogP contribution in [0.5, 0.6) is 0 Å². The molecule has 0 atom stereocenters. The van der Waals surface area contributed by atoms with E-state index in [1.165, 1.54) is 18.2 Å². The first-order valence-corrected chi connectivity index (χ1v) is 6.19. The minimum absolute atomic E-state index is 0.210. The van der Waals surface area contributed by atoms with Gasteiger partial charge in [0.15, 0.2) is 0 Å². The normalized spacial score (nSPS) is 13.3. The van der Waals surface area contributed by atoms with Crippen LogP contribution >= 0.6 is 11.6 Å². The highest BCUT2D eigenvalue weighted by Gasteiger charge is 2.36. The minimum Gasteiger partial charge on any atom is -0.268 e. The molecule has 96 valence electrons. The van der Waals surface area contributed by atoms with Gasteiger partial charge in [-0.05, 0) is 30.3 Å². The van der Waals surface area contributed by atoms with Crippen LogP contribution in [-0.4, -0.2) is 11.8 Å². The molecule has 2 amide bonds. The van der Waals surface area contributed by atoms with Crippen molar-refractivity contribution in [2.24, 2.45) is 0 Å². The lowest BCUT2D eigenvalue weighted by molar-refractivity contribution is 0.0926. The number of imide groups is 1. The number of anilines is 1. The zero-order valence-corrected chi connectivity index (χ0v) is 10.9. The summed E-state index contributed by atoms with van der Waals surface area (Å²) in [6, 6.07) is 13.0. The van der Waals surface area contributed by atoms with Crippen molar-refractivity contribution in [3.63, 3.8) is 0 Å². The second-order valence-corrected chi connectivity index (χ2v) is 4.67. The maximum absolute atomic E-state index is 12.3. The Hall–Kier alpha value is -2.64. The Morgan fingerprint density at radius 2 is 1.60 bits per heavy atom. The molecule has 0 saturated carbocycles. The van der Waals surface area contributed by atoms with Crippen LogP contribution in [0.3, 0.4) is 0 Å². The molecule has 0 unspecified atom stereocenters. The van der Waals surface area contributed by atoms with Gasteiger partial charge in [-0.3, -0.25) is 9.59 Å². The fraction of sp³-hybridized carbons (Fsp3) is 0. The second-order valence-electron chi connectivity index (χ2n) is 4.27. The average molecular weight is 283 g/mol. The number of fused-ring (bicyclic) bond motifs is 1. The molecule has 0 fully saturated rings. The number of halogens is 1. The number of nitriles is 1. The average Bonchev–Trinajstić information content (AvgIpc) is 2.71. The largest absolute Gasteiger partial charge is 0.268 e. The molecule has 2 aromatic rings. The molecule has 0 N–H and O–H groups in total. The van der Waals surface area contributed by atoms with Crippen LogP contribution in [0.2, 0.25) is 5.02 Å². The molecule has 1 aliphatic heterocycles. The van der Waals surface area contributed by atoms with Gasteiger partial charge in [0.25, 0.3) is 11.8 Å². The quantitative estimate of drug-likeness (QED) is 0.755. The first-order valence-electron chi connectivity index (χ1n) is 5.81. The van der Waals surface area contributed by atoms with Crippen molar-refractivity contribution in [1.82, 2.24) is 0 Å². The van der Waals surface area contributed by atoms with E-state index < -0.39 is 0 Å². The van der Waals surface area contributed by atoms with E-state index in [1.807, 2.05) is 6.07 Å². The van der Waals surface area contributed by atoms with Crippen molar-refractivity contribution < 1.29 is 9.59 Å². The van der Waals surface area contributed by atoms with Gasteiger partial charge in [0, 0.05) is 0 Å². The zero-order valence-electron chi connectivity index (χ0n) is 10.1. The molecule has 0 bridgehead atoms. The predicted molar refractivity (Wildman–Crippen MR) is 73.7 cm³/mol. The Labute approximate surface area is 119 Å². The highest BCUT2D eigenvalue weighted by Crippen LogP contribution is 2.30. The Kier molecular flexibility index (Phi) is 2.78. The van der Waals surface area contributed by atoms with Crippen LogP contribution in [0.15, 0.2) is 42.5 Å². The fourth-order valence-corrected chi connectivity index (χ4v) is 2.37. The molecule has 0 radical (unpaired) electrons. The summed E-state index contributed by atoms with van der Waals surface area (Å²) in [5.41, 5.74) is 1.41.